The quantitative estimate of drug-likeness (QED) is 0.922. The Morgan fingerprint density at radius 1 is 1.29 bits per heavy atom. The van der Waals surface area contributed by atoms with Gasteiger partial charge in [0.15, 0.2) is 5.69 Å². The molecule has 1 N–H and O–H groups in total. The van der Waals surface area contributed by atoms with E-state index in [0.29, 0.717) is 5.92 Å². The van der Waals surface area contributed by atoms with E-state index in [0.717, 1.165) is 50.4 Å². The first-order valence-electron chi connectivity index (χ1n) is 8.66. The zero-order valence-electron chi connectivity index (χ0n) is 13.6. The standard InChI is InChI=1S/C17H22N4O2S/c22-17(23)15-11-24-16(18-15)12-4-7-20(8-5-12)10-13-9-14-3-1-2-6-21(14)19-13/h9,11-12H,1-8,10H2,(H,22,23). The second-order valence-corrected chi connectivity index (χ2v) is 7.62. The van der Waals surface area contributed by atoms with Crippen molar-refractivity contribution in [2.24, 2.45) is 0 Å². The van der Waals surface area contributed by atoms with E-state index in [1.807, 2.05) is 0 Å². The maximum Gasteiger partial charge on any atom is 0.355 e. The fraction of sp³-hybridized carbons (Fsp3) is 0.588. The van der Waals surface area contributed by atoms with E-state index in [9.17, 15) is 4.79 Å². The van der Waals surface area contributed by atoms with Gasteiger partial charge in [-0.05, 0) is 51.3 Å². The van der Waals surface area contributed by atoms with Gasteiger partial charge in [-0.1, -0.05) is 0 Å². The number of hydrogen-bond donors (Lipinski definition) is 1. The van der Waals surface area contributed by atoms with Crippen LogP contribution < -0.4 is 0 Å². The third kappa shape index (κ3) is 3.23. The summed E-state index contributed by atoms with van der Waals surface area (Å²) in [5.41, 5.74) is 2.75. The van der Waals surface area contributed by atoms with Crippen molar-refractivity contribution in [1.29, 1.82) is 0 Å². The van der Waals surface area contributed by atoms with Gasteiger partial charge in [-0.25, -0.2) is 9.78 Å². The second kappa shape index (κ2) is 6.64. The fourth-order valence-electron chi connectivity index (χ4n) is 3.70. The molecule has 0 spiro atoms. The molecule has 0 unspecified atom stereocenters. The van der Waals surface area contributed by atoms with Crippen molar-refractivity contribution in [2.75, 3.05) is 13.1 Å². The van der Waals surface area contributed by atoms with E-state index >= 15 is 0 Å². The number of rotatable bonds is 4. The Kier molecular flexibility index (Phi) is 4.37. The van der Waals surface area contributed by atoms with Crippen molar-refractivity contribution in [2.45, 2.75) is 51.1 Å². The molecule has 0 radical (unpaired) electrons. The number of aryl methyl sites for hydroxylation is 2. The molecule has 0 atom stereocenters. The van der Waals surface area contributed by atoms with E-state index in [1.54, 1.807) is 5.38 Å². The van der Waals surface area contributed by atoms with Gasteiger partial charge in [0, 0.05) is 30.1 Å². The van der Waals surface area contributed by atoms with Crippen LogP contribution in [0.3, 0.4) is 0 Å². The summed E-state index contributed by atoms with van der Waals surface area (Å²) in [5, 5.41) is 16.4. The molecule has 4 rings (SSSR count). The lowest BCUT2D eigenvalue weighted by Gasteiger charge is -2.30. The zero-order valence-corrected chi connectivity index (χ0v) is 14.5. The van der Waals surface area contributed by atoms with Crippen LogP contribution in [0.1, 0.15) is 58.5 Å². The Bertz CT molecular complexity index is 707. The lowest BCUT2D eigenvalue weighted by Crippen LogP contribution is -2.32. The number of nitrogens with zero attached hydrogens (tertiary/aromatic N) is 4. The highest BCUT2D eigenvalue weighted by Gasteiger charge is 2.24. The molecule has 6 nitrogen and oxygen atoms in total. The van der Waals surface area contributed by atoms with Gasteiger partial charge in [0.1, 0.15) is 0 Å². The first-order chi connectivity index (χ1) is 11.7. The van der Waals surface area contributed by atoms with Gasteiger partial charge in [-0.3, -0.25) is 9.58 Å². The average molecular weight is 346 g/mol. The molecule has 1 saturated heterocycles. The van der Waals surface area contributed by atoms with E-state index in [4.69, 9.17) is 10.2 Å². The SMILES string of the molecule is O=C(O)c1csc(C2CCN(Cc3cc4n(n3)CCCC4)CC2)n1. The molecule has 0 aromatic carbocycles. The predicted molar refractivity (Wildman–Crippen MR) is 91.5 cm³/mol. The lowest BCUT2D eigenvalue weighted by atomic mass is 9.97. The number of carboxylic acid groups (broad SMARTS) is 1. The van der Waals surface area contributed by atoms with Crippen LogP contribution in [0.15, 0.2) is 11.4 Å². The highest BCUT2D eigenvalue weighted by Crippen LogP contribution is 2.31. The summed E-state index contributed by atoms with van der Waals surface area (Å²) in [5.74, 6) is -0.534. The zero-order chi connectivity index (χ0) is 16.5. The molecule has 128 valence electrons. The summed E-state index contributed by atoms with van der Waals surface area (Å²) in [6.07, 6.45) is 5.76. The van der Waals surface area contributed by atoms with Crippen molar-refractivity contribution < 1.29 is 9.90 Å². The van der Waals surface area contributed by atoms with Crippen LogP contribution >= 0.6 is 11.3 Å². The average Bonchev–Trinajstić information content (AvgIpc) is 3.22. The minimum absolute atomic E-state index is 0.182. The van der Waals surface area contributed by atoms with Crippen LogP contribution in [0.4, 0.5) is 0 Å². The molecule has 0 aliphatic carbocycles. The lowest BCUT2D eigenvalue weighted by molar-refractivity contribution is 0.0691. The van der Waals surface area contributed by atoms with Crippen LogP contribution in [0.5, 0.6) is 0 Å². The molecular formula is C17H22N4O2S. The Morgan fingerprint density at radius 2 is 2.12 bits per heavy atom. The Hall–Kier alpha value is -1.73. The Balaban J connectivity index is 1.34. The third-order valence-corrected chi connectivity index (χ3v) is 6.04. The van der Waals surface area contributed by atoms with Gasteiger partial charge in [-0.2, -0.15) is 5.10 Å². The van der Waals surface area contributed by atoms with Crippen molar-refractivity contribution in [3.05, 3.63) is 33.5 Å². The highest BCUT2D eigenvalue weighted by molar-refractivity contribution is 7.09. The number of fused-ring (bicyclic) bond motifs is 1. The summed E-state index contributed by atoms with van der Waals surface area (Å²) in [6, 6.07) is 2.27. The largest absolute Gasteiger partial charge is 0.476 e. The Morgan fingerprint density at radius 3 is 2.83 bits per heavy atom. The summed E-state index contributed by atoms with van der Waals surface area (Å²) < 4.78 is 2.18. The summed E-state index contributed by atoms with van der Waals surface area (Å²) in [4.78, 5) is 17.7. The topological polar surface area (TPSA) is 71.2 Å². The molecular weight excluding hydrogens is 324 g/mol. The number of carboxylic acids is 1. The van der Waals surface area contributed by atoms with Crippen LogP contribution in [-0.2, 0) is 19.5 Å². The molecule has 2 aliphatic rings. The number of hydrogen-bond acceptors (Lipinski definition) is 5. The van der Waals surface area contributed by atoms with Crippen LogP contribution in [-0.4, -0.2) is 43.8 Å². The van der Waals surface area contributed by atoms with E-state index in [2.05, 4.69) is 20.6 Å². The van der Waals surface area contributed by atoms with Crippen molar-refractivity contribution >= 4 is 17.3 Å². The smallest absolute Gasteiger partial charge is 0.355 e. The number of likely N-dealkylation sites (tertiary alicyclic amines) is 1. The monoisotopic (exact) mass is 346 g/mol. The third-order valence-electron chi connectivity index (χ3n) is 5.03. The molecule has 2 aromatic rings. The highest BCUT2D eigenvalue weighted by atomic mass is 32.1. The van der Waals surface area contributed by atoms with Gasteiger partial charge >= 0.3 is 5.97 Å². The van der Waals surface area contributed by atoms with Crippen molar-refractivity contribution in [1.82, 2.24) is 19.7 Å². The van der Waals surface area contributed by atoms with Gasteiger partial charge in [0.25, 0.3) is 0 Å². The first kappa shape index (κ1) is 15.8. The number of thiazole rings is 1. The van der Waals surface area contributed by atoms with E-state index in [-0.39, 0.29) is 5.69 Å². The normalized spacial score (nSPS) is 19.3. The van der Waals surface area contributed by atoms with Crippen molar-refractivity contribution in [3.8, 4) is 0 Å². The van der Waals surface area contributed by atoms with Gasteiger partial charge in [0.2, 0.25) is 0 Å². The van der Waals surface area contributed by atoms with E-state index < -0.39 is 5.97 Å². The van der Waals surface area contributed by atoms with E-state index in [1.165, 1.54) is 35.6 Å². The number of carbonyl (C=O) groups is 1. The molecule has 2 aliphatic heterocycles. The van der Waals surface area contributed by atoms with Crippen LogP contribution in [0.2, 0.25) is 0 Å². The van der Waals surface area contributed by atoms with Crippen LogP contribution in [0.25, 0.3) is 0 Å². The fourth-order valence-corrected chi connectivity index (χ4v) is 4.66. The molecule has 4 heterocycles. The van der Waals surface area contributed by atoms with Gasteiger partial charge in [0.05, 0.1) is 10.7 Å². The molecule has 0 amide bonds. The van der Waals surface area contributed by atoms with Gasteiger partial charge < -0.3 is 5.11 Å². The summed E-state index contributed by atoms with van der Waals surface area (Å²) in [7, 11) is 0. The molecule has 1 fully saturated rings. The van der Waals surface area contributed by atoms with Gasteiger partial charge in [-0.15, -0.1) is 11.3 Å². The molecule has 2 aromatic heterocycles. The predicted octanol–water partition coefficient (Wildman–Crippen LogP) is 2.75. The molecule has 7 heteroatoms. The minimum atomic E-state index is -0.932. The van der Waals surface area contributed by atoms with Crippen molar-refractivity contribution in [3.63, 3.8) is 0 Å². The summed E-state index contributed by atoms with van der Waals surface area (Å²) >= 11 is 1.48. The Labute approximate surface area is 145 Å². The number of piperidine rings is 1. The minimum Gasteiger partial charge on any atom is -0.476 e. The number of aromatic carboxylic acids is 1. The molecule has 24 heavy (non-hydrogen) atoms. The molecule has 0 saturated carbocycles. The number of aromatic nitrogens is 3. The molecule has 0 bridgehead atoms. The first-order valence-corrected chi connectivity index (χ1v) is 9.53. The maximum atomic E-state index is 11.0. The summed E-state index contributed by atoms with van der Waals surface area (Å²) in [6.45, 7) is 4.03. The van der Waals surface area contributed by atoms with Crippen LogP contribution in [0, 0.1) is 0 Å². The maximum absolute atomic E-state index is 11.0. The second-order valence-electron chi connectivity index (χ2n) is 6.73.